The predicted octanol–water partition coefficient (Wildman–Crippen LogP) is 16.7. The summed E-state index contributed by atoms with van der Waals surface area (Å²) in [6.07, 6.45) is 4.50. The zero-order chi connectivity index (χ0) is 42.8. The Kier molecular flexibility index (Phi) is 9.45. The van der Waals surface area contributed by atoms with Crippen LogP contribution in [0.3, 0.4) is 0 Å². The van der Waals surface area contributed by atoms with Crippen LogP contribution in [-0.2, 0) is 16.2 Å². The van der Waals surface area contributed by atoms with E-state index in [0.29, 0.717) is 0 Å². The molecular formula is C60H54N2. The highest BCUT2D eigenvalue weighted by Gasteiger charge is 2.37. The number of nitrogens with zero attached hydrogens (tertiary/aromatic N) is 2. The average Bonchev–Trinajstić information content (AvgIpc) is 3.65. The average molecular weight is 803 g/mol. The van der Waals surface area contributed by atoms with Gasteiger partial charge in [0.2, 0.25) is 0 Å². The molecule has 0 heterocycles. The van der Waals surface area contributed by atoms with Gasteiger partial charge in [-0.15, -0.1) is 0 Å². The Morgan fingerprint density at radius 3 is 1.24 bits per heavy atom. The number of benzene rings is 8. The first-order chi connectivity index (χ1) is 29.9. The monoisotopic (exact) mass is 802 g/mol. The molecule has 0 unspecified atom stereocenters. The van der Waals surface area contributed by atoms with Crippen LogP contribution in [0.15, 0.2) is 188 Å². The van der Waals surface area contributed by atoms with Gasteiger partial charge in [-0.3, -0.25) is 0 Å². The van der Waals surface area contributed by atoms with Crippen LogP contribution in [-0.4, -0.2) is 0 Å². The third-order valence-corrected chi connectivity index (χ3v) is 13.4. The molecule has 2 aliphatic rings. The minimum Gasteiger partial charge on any atom is -0.310 e. The van der Waals surface area contributed by atoms with Crippen molar-refractivity contribution in [3.63, 3.8) is 0 Å². The molecule has 0 saturated carbocycles. The summed E-state index contributed by atoms with van der Waals surface area (Å²) in [5, 5.41) is 0. The zero-order valence-corrected chi connectivity index (χ0v) is 36.9. The molecule has 62 heavy (non-hydrogen) atoms. The first-order valence-electron chi connectivity index (χ1n) is 22.0. The maximum Gasteiger partial charge on any atom is 0.0465 e. The predicted molar refractivity (Wildman–Crippen MR) is 265 cm³/mol. The lowest BCUT2D eigenvalue weighted by Crippen LogP contribution is -2.17. The van der Waals surface area contributed by atoms with Gasteiger partial charge in [0.1, 0.15) is 0 Å². The van der Waals surface area contributed by atoms with E-state index in [1.807, 2.05) is 0 Å². The van der Waals surface area contributed by atoms with Gasteiger partial charge in [0.25, 0.3) is 0 Å². The molecule has 8 aromatic rings. The van der Waals surface area contributed by atoms with Gasteiger partial charge in [-0.2, -0.15) is 0 Å². The second kappa shape index (κ2) is 14.9. The van der Waals surface area contributed by atoms with Crippen LogP contribution in [0.25, 0.3) is 34.4 Å². The summed E-state index contributed by atoms with van der Waals surface area (Å²) in [5.74, 6) is 0. The molecule has 0 saturated heterocycles. The number of anilines is 6. The highest BCUT2D eigenvalue weighted by atomic mass is 15.1. The third-order valence-electron chi connectivity index (χ3n) is 13.4. The first kappa shape index (κ1) is 39.2. The summed E-state index contributed by atoms with van der Waals surface area (Å²) in [5.41, 5.74) is 21.2. The Morgan fingerprint density at radius 1 is 0.339 bits per heavy atom. The van der Waals surface area contributed by atoms with E-state index in [9.17, 15) is 0 Å². The Morgan fingerprint density at radius 2 is 0.710 bits per heavy atom. The standard InChI is InChI=1S/C60H54N2/c1-58(2,3)43-27-31-47(32-28-43)62(49-33-36-52-50-20-14-15-21-54(50)59(4,5)56(52)39-49)46-29-24-41(25-30-46)22-23-42-26-35-51-53-37-34-48(40-57(53)60(6,7)55(51)38-42)61(44-16-10-8-11-17-44)45-18-12-9-13-19-45/h8-40H,1-7H3/b23-22+. The topological polar surface area (TPSA) is 6.48 Å². The molecule has 2 aliphatic carbocycles. The zero-order valence-electron chi connectivity index (χ0n) is 36.9. The molecule has 0 amide bonds. The van der Waals surface area contributed by atoms with E-state index in [-0.39, 0.29) is 16.2 Å². The molecule has 0 aromatic heterocycles. The molecule has 0 atom stereocenters. The highest BCUT2D eigenvalue weighted by molar-refractivity contribution is 5.88. The van der Waals surface area contributed by atoms with Crippen LogP contribution in [0.5, 0.6) is 0 Å². The van der Waals surface area contributed by atoms with E-state index in [2.05, 4.69) is 258 Å². The molecule has 0 aliphatic heterocycles. The molecule has 8 aromatic carbocycles. The van der Waals surface area contributed by atoms with Gasteiger partial charge >= 0.3 is 0 Å². The van der Waals surface area contributed by atoms with Crippen molar-refractivity contribution in [1.29, 1.82) is 0 Å². The Labute approximate surface area is 368 Å². The smallest absolute Gasteiger partial charge is 0.0465 e. The van der Waals surface area contributed by atoms with E-state index in [4.69, 9.17) is 0 Å². The number of rotatable bonds is 8. The van der Waals surface area contributed by atoms with Gasteiger partial charge in [-0.05, 0) is 139 Å². The van der Waals surface area contributed by atoms with E-state index in [0.717, 1.165) is 39.7 Å². The molecule has 10 rings (SSSR count). The normalized spacial score (nSPS) is 14.2. The van der Waals surface area contributed by atoms with Gasteiger partial charge in [0.15, 0.2) is 0 Å². The second-order valence-electron chi connectivity index (χ2n) is 19.1. The van der Waals surface area contributed by atoms with Gasteiger partial charge in [-0.1, -0.05) is 176 Å². The SMILES string of the molecule is CC(C)(C)c1ccc(N(c2ccc(/C=C/c3ccc4c(c3)C(C)(C)c3cc(N(c5ccccc5)c5ccccc5)ccc3-4)cc2)c2ccc3c(c2)C(C)(C)c2ccccc2-3)cc1. The molecule has 2 heteroatoms. The van der Waals surface area contributed by atoms with Gasteiger partial charge < -0.3 is 9.80 Å². The van der Waals surface area contributed by atoms with Crippen molar-refractivity contribution >= 4 is 46.3 Å². The summed E-state index contributed by atoms with van der Waals surface area (Å²) in [6, 6.07) is 69.3. The Bertz CT molecular complexity index is 2920. The minimum absolute atomic E-state index is 0.0792. The molecule has 0 fully saturated rings. The summed E-state index contributed by atoms with van der Waals surface area (Å²) >= 11 is 0. The molecule has 0 radical (unpaired) electrons. The van der Waals surface area contributed by atoms with Crippen molar-refractivity contribution in [3.8, 4) is 22.3 Å². The van der Waals surface area contributed by atoms with Crippen LogP contribution in [0.1, 0.15) is 87.4 Å². The summed E-state index contributed by atoms with van der Waals surface area (Å²) in [7, 11) is 0. The van der Waals surface area contributed by atoms with Gasteiger partial charge in [0, 0.05) is 45.0 Å². The van der Waals surface area contributed by atoms with Crippen molar-refractivity contribution in [2.45, 2.75) is 64.7 Å². The highest BCUT2D eigenvalue weighted by Crippen LogP contribution is 2.52. The van der Waals surface area contributed by atoms with Crippen molar-refractivity contribution < 1.29 is 0 Å². The van der Waals surface area contributed by atoms with E-state index < -0.39 is 0 Å². The lowest BCUT2D eigenvalue weighted by Gasteiger charge is -2.29. The molecule has 0 bridgehead atoms. The largest absolute Gasteiger partial charge is 0.310 e. The number of para-hydroxylation sites is 2. The number of fused-ring (bicyclic) bond motifs is 6. The van der Waals surface area contributed by atoms with Gasteiger partial charge in [0.05, 0.1) is 0 Å². The summed E-state index contributed by atoms with van der Waals surface area (Å²) in [6.45, 7) is 16.3. The fraction of sp³-hybridized carbons (Fsp3) is 0.167. The van der Waals surface area contributed by atoms with Crippen molar-refractivity contribution in [1.82, 2.24) is 0 Å². The van der Waals surface area contributed by atoms with Crippen LogP contribution >= 0.6 is 0 Å². The van der Waals surface area contributed by atoms with Crippen molar-refractivity contribution in [2.24, 2.45) is 0 Å². The first-order valence-corrected chi connectivity index (χ1v) is 22.0. The lowest BCUT2D eigenvalue weighted by atomic mass is 9.81. The van der Waals surface area contributed by atoms with Gasteiger partial charge in [-0.25, -0.2) is 0 Å². The number of hydrogen-bond acceptors (Lipinski definition) is 2. The molecule has 2 nitrogen and oxygen atoms in total. The van der Waals surface area contributed by atoms with Crippen molar-refractivity contribution in [2.75, 3.05) is 9.80 Å². The molecule has 304 valence electrons. The summed E-state index contributed by atoms with van der Waals surface area (Å²) in [4.78, 5) is 4.76. The van der Waals surface area contributed by atoms with E-state index in [1.165, 1.54) is 55.6 Å². The summed E-state index contributed by atoms with van der Waals surface area (Å²) < 4.78 is 0. The Hall–Kier alpha value is -6.90. The maximum atomic E-state index is 2.41. The van der Waals surface area contributed by atoms with Crippen LogP contribution in [0.4, 0.5) is 34.1 Å². The fourth-order valence-corrected chi connectivity index (χ4v) is 9.90. The Balaban J connectivity index is 0.947. The molecule has 0 spiro atoms. The van der Waals surface area contributed by atoms with Crippen molar-refractivity contribution in [3.05, 3.63) is 227 Å². The lowest BCUT2D eigenvalue weighted by molar-refractivity contribution is 0.590. The molecular weight excluding hydrogens is 749 g/mol. The number of hydrogen-bond donors (Lipinski definition) is 0. The van der Waals surface area contributed by atoms with Crippen LogP contribution < -0.4 is 9.80 Å². The maximum absolute atomic E-state index is 2.41. The minimum atomic E-state index is -0.157. The van der Waals surface area contributed by atoms with E-state index >= 15 is 0 Å². The van der Waals surface area contributed by atoms with Crippen LogP contribution in [0.2, 0.25) is 0 Å². The fourth-order valence-electron chi connectivity index (χ4n) is 9.90. The van der Waals surface area contributed by atoms with E-state index in [1.54, 1.807) is 0 Å². The van der Waals surface area contributed by atoms with Crippen LogP contribution in [0, 0.1) is 0 Å². The third kappa shape index (κ3) is 6.75. The second-order valence-corrected chi connectivity index (χ2v) is 19.1. The molecule has 0 N–H and O–H groups in total. The quantitative estimate of drug-likeness (QED) is 0.141.